The van der Waals surface area contributed by atoms with Crippen molar-refractivity contribution in [3.8, 4) is 5.75 Å². The molecule has 1 rings (SSSR count). The smallest absolute Gasteiger partial charge is 0.165 e. The van der Waals surface area contributed by atoms with Crippen LogP contribution in [0.5, 0.6) is 5.75 Å². The number of hydrogen-bond donors (Lipinski definition) is 1. The van der Waals surface area contributed by atoms with Crippen molar-refractivity contribution in [1.29, 1.82) is 0 Å². The predicted molar refractivity (Wildman–Crippen MR) is 40.8 cm³/mol. The summed E-state index contributed by atoms with van der Waals surface area (Å²) in [4.78, 5) is 0. The Bertz CT molecular complexity index is 260. The molecule has 0 unspecified atom stereocenters. The van der Waals surface area contributed by atoms with Gasteiger partial charge in [-0.2, -0.15) is 0 Å². The number of hydrogen-bond acceptors (Lipinski definition) is 2. The van der Waals surface area contributed by atoms with Gasteiger partial charge in [0.2, 0.25) is 0 Å². The zero-order valence-electron chi connectivity index (χ0n) is 6.60. The molecular formula is C8H9F2NO. The van der Waals surface area contributed by atoms with Gasteiger partial charge in [-0.05, 0) is 12.1 Å². The maximum atomic E-state index is 12.9. The molecule has 0 amide bonds. The Kier molecular flexibility index (Phi) is 2.60. The standard InChI is InChI=1S/C8H9F2NO/c1-12-8-5(4-11)6(9)2-3-7(8)10/h2-3H,4,11H2,1H3. The van der Waals surface area contributed by atoms with E-state index in [9.17, 15) is 8.78 Å². The van der Waals surface area contributed by atoms with Crippen LogP contribution in [-0.2, 0) is 6.54 Å². The van der Waals surface area contributed by atoms with Gasteiger partial charge in [0.15, 0.2) is 11.6 Å². The van der Waals surface area contributed by atoms with Crippen LogP contribution in [0.25, 0.3) is 0 Å². The summed E-state index contributed by atoms with van der Waals surface area (Å²) in [5.74, 6) is -1.26. The van der Waals surface area contributed by atoms with Gasteiger partial charge in [0, 0.05) is 12.1 Å². The molecule has 0 aliphatic carbocycles. The van der Waals surface area contributed by atoms with Gasteiger partial charge in [-0.25, -0.2) is 8.78 Å². The van der Waals surface area contributed by atoms with Crippen molar-refractivity contribution in [3.05, 3.63) is 29.3 Å². The summed E-state index contributed by atoms with van der Waals surface area (Å²) in [6.45, 7) is -0.0766. The predicted octanol–water partition coefficient (Wildman–Crippen LogP) is 1.43. The van der Waals surface area contributed by atoms with Gasteiger partial charge in [0.25, 0.3) is 0 Å². The van der Waals surface area contributed by atoms with Gasteiger partial charge in [-0.3, -0.25) is 0 Å². The first-order valence-electron chi connectivity index (χ1n) is 3.41. The molecule has 2 nitrogen and oxygen atoms in total. The van der Waals surface area contributed by atoms with Crippen LogP contribution >= 0.6 is 0 Å². The van der Waals surface area contributed by atoms with Crippen molar-refractivity contribution >= 4 is 0 Å². The lowest BCUT2D eigenvalue weighted by Gasteiger charge is -2.07. The summed E-state index contributed by atoms with van der Waals surface area (Å²) >= 11 is 0. The molecule has 0 aromatic heterocycles. The SMILES string of the molecule is COc1c(F)ccc(F)c1CN. The van der Waals surface area contributed by atoms with Crippen LogP contribution in [-0.4, -0.2) is 7.11 Å². The van der Waals surface area contributed by atoms with E-state index in [4.69, 9.17) is 5.73 Å². The Balaban J connectivity index is 3.28. The molecular weight excluding hydrogens is 164 g/mol. The second-order valence-corrected chi connectivity index (χ2v) is 2.25. The Morgan fingerprint density at radius 2 is 1.92 bits per heavy atom. The molecule has 1 aromatic carbocycles. The molecule has 4 heteroatoms. The maximum Gasteiger partial charge on any atom is 0.165 e. The van der Waals surface area contributed by atoms with Crippen LogP contribution in [0.4, 0.5) is 8.78 Å². The molecule has 0 radical (unpaired) electrons. The van der Waals surface area contributed by atoms with Gasteiger partial charge in [0.1, 0.15) is 5.82 Å². The van der Waals surface area contributed by atoms with Gasteiger partial charge in [0.05, 0.1) is 7.11 Å². The summed E-state index contributed by atoms with van der Waals surface area (Å²) in [6.07, 6.45) is 0. The first-order chi connectivity index (χ1) is 5.70. The highest BCUT2D eigenvalue weighted by Crippen LogP contribution is 2.24. The van der Waals surface area contributed by atoms with Gasteiger partial charge >= 0.3 is 0 Å². The Morgan fingerprint density at radius 1 is 1.33 bits per heavy atom. The highest BCUT2D eigenvalue weighted by molar-refractivity contribution is 5.35. The van der Waals surface area contributed by atoms with Crippen molar-refractivity contribution in [2.45, 2.75) is 6.54 Å². The van der Waals surface area contributed by atoms with E-state index in [1.807, 2.05) is 0 Å². The van der Waals surface area contributed by atoms with Crippen LogP contribution in [0.2, 0.25) is 0 Å². The van der Waals surface area contributed by atoms with Gasteiger partial charge in [-0.1, -0.05) is 0 Å². The molecule has 12 heavy (non-hydrogen) atoms. The number of methoxy groups -OCH3 is 1. The van der Waals surface area contributed by atoms with Gasteiger partial charge < -0.3 is 10.5 Å². The lowest BCUT2D eigenvalue weighted by molar-refractivity contribution is 0.376. The second kappa shape index (κ2) is 3.49. The van der Waals surface area contributed by atoms with Crippen LogP contribution in [0.15, 0.2) is 12.1 Å². The molecule has 0 aliphatic heterocycles. The van der Waals surface area contributed by atoms with Crippen LogP contribution in [0.1, 0.15) is 5.56 Å². The van der Waals surface area contributed by atoms with Crippen molar-refractivity contribution in [1.82, 2.24) is 0 Å². The summed E-state index contributed by atoms with van der Waals surface area (Å²) in [7, 11) is 1.27. The number of ether oxygens (including phenoxy) is 1. The highest BCUT2D eigenvalue weighted by Gasteiger charge is 2.12. The third-order valence-corrected chi connectivity index (χ3v) is 1.56. The van der Waals surface area contributed by atoms with E-state index in [2.05, 4.69) is 4.74 Å². The zero-order chi connectivity index (χ0) is 9.14. The molecule has 66 valence electrons. The maximum absolute atomic E-state index is 12.9. The van der Waals surface area contributed by atoms with Crippen molar-refractivity contribution in [2.75, 3.05) is 7.11 Å². The summed E-state index contributed by atoms with van der Waals surface area (Å²) in [5.41, 5.74) is 5.28. The van der Waals surface area contributed by atoms with E-state index in [0.29, 0.717) is 0 Å². The van der Waals surface area contributed by atoms with Crippen molar-refractivity contribution in [3.63, 3.8) is 0 Å². The monoisotopic (exact) mass is 173 g/mol. The summed E-state index contributed by atoms with van der Waals surface area (Å²) in [5, 5.41) is 0. The molecule has 0 heterocycles. The third kappa shape index (κ3) is 1.38. The highest BCUT2D eigenvalue weighted by atomic mass is 19.1. The Hall–Kier alpha value is -1.16. The van der Waals surface area contributed by atoms with E-state index in [1.165, 1.54) is 7.11 Å². The summed E-state index contributed by atoms with van der Waals surface area (Å²) in [6, 6.07) is 2.04. The second-order valence-electron chi connectivity index (χ2n) is 2.25. The Morgan fingerprint density at radius 3 is 2.33 bits per heavy atom. The van der Waals surface area contributed by atoms with Gasteiger partial charge in [-0.15, -0.1) is 0 Å². The molecule has 0 saturated carbocycles. The van der Waals surface area contributed by atoms with E-state index >= 15 is 0 Å². The number of halogens is 2. The topological polar surface area (TPSA) is 35.2 Å². The molecule has 0 fully saturated rings. The van der Waals surface area contributed by atoms with E-state index in [0.717, 1.165) is 12.1 Å². The fourth-order valence-corrected chi connectivity index (χ4v) is 0.986. The third-order valence-electron chi connectivity index (χ3n) is 1.56. The summed E-state index contributed by atoms with van der Waals surface area (Å²) < 4.78 is 30.4. The quantitative estimate of drug-likeness (QED) is 0.734. The minimum atomic E-state index is -0.598. The molecule has 0 aliphatic rings. The van der Waals surface area contributed by atoms with E-state index in [1.54, 1.807) is 0 Å². The molecule has 2 N–H and O–H groups in total. The average Bonchev–Trinajstić information content (AvgIpc) is 2.08. The van der Waals surface area contributed by atoms with Crippen molar-refractivity contribution < 1.29 is 13.5 Å². The lowest BCUT2D eigenvalue weighted by Crippen LogP contribution is -2.04. The minimum Gasteiger partial charge on any atom is -0.493 e. The van der Waals surface area contributed by atoms with Crippen LogP contribution in [0, 0.1) is 11.6 Å². The van der Waals surface area contributed by atoms with Crippen LogP contribution < -0.4 is 10.5 Å². The number of rotatable bonds is 2. The lowest BCUT2D eigenvalue weighted by atomic mass is 10.2. The Labute approximate surface area is 68.9 Å². The average molecular weight is 173 g/mol. The first-order valence-corrected chi connectivity index (χ1v) is 3.41. The first kappa shape index (κ1) is 8.93. The minimum absolute atomic E-state index is 0.0671. The fraction of sp³-hybridized carbons (Fsp3) is 0.250. The van der Waals surface area contributed by atoms with Crippen LogP contribution in [0.3, 0.4) is 0 Å². The van der Waals surface area contributed by atoms with E-state index < -0.39 is 11.6 Å². The number of benzene rings is 1. The normalized spacial score (nSPS) is 10.0. The molecule has 0 spiro atoms. The van der Waals surface area contributed by atoms with E-state index in [-0.39, 0.29) is 17.9 Å². The molecule has 1 aromatic rings. The van der Waals surface area contributed by atoms with Crippen molar-refractivity contribution in [2.24, 2.45) is 5.73 Å². The largest absolute Gasteiger partial charge is 0.493 e. The number of nitrogens with two attached hydrogens (primary N) is 1. The molecule has 0 bridgehead atoms. The fourth-order valence-electron chi connectivity index (χ4n) is 0.986. The zero-order valence-corrected chi connectivity index (χ0v) is 6.60. The molecule has 0 saturated heterocycles. The molecule has 0 atom stereocenters.